The predicted molar refractivity (Wildman–Crippen MR) is 50.7 cm³/mol. The molecule has 4 heteroatoms. The molecule has 0 aliphatic heterocycles. The highest BCUT2D eigenvalue weighted by atomic mass is 16.1. The van der Waals surface area contributed by atoms with E-state index in [-0.39, 0.29) is 5.56 Å². The minimum atomic E-state index is -0.155. The molecule has 13 heavy (non-hydrogen) atoms. The fraction of sp³-hybridized carbons (Fsp3) is 0.333. The van der Waals surface area contributed by atoms with Gasteiger partial charge in [-0.2, -0.15) is 4.98 Å². The van der Waals surface area contributed by atoms with E-state index in [1.165, 1.54) is 0 Å². The summed E-state index contributed by atoms with van der Waals surface area (Å²) in [5.41, 5.74) is 1.44. The van der Waals surface area contributed by atoms with Gasteiger partial charge in [0.05, 0.1) is 5.52 Å². The van der Waals surface area contributed by atoms with Crippen molar-refractivity contribution in [2.45, 2.75) is 6.92 Å². The molecular formula is C9H11N3O. The molecule has 2 aromatic rings. The van der Waals surface area contributed by atoms with Crippen molar-refractivity contribution in [2.75, 3.05) is 0 Å². The van der Waals surface area contributed by atoms with Crippen LogP contribution in [0.3, 0.4) is 0 Å². The fourth-order valence-electron chi connectivity index (χ4n) is 1.50. The van der Waals surface area contributed by atoms with E-state index in [4.69, 9.17) is 0 Å². The first kappa shape index (κ1) is 8.04. The van der Waals surface area contributed by atoms with Crippen molar-refractivity contribution in [1.29, 1.82) is 0 Å². The summed E-state index contributed by atoms with van der Waals surface area (Å²) in [6.07, 6.45) is 1.87. The molecule has 2 rings (SSSR count). The van der Waals surface area contributed by atoms with Gasteiger partial charge in [-0.15, -0.1) is 0 Å². The van der Waals surface area contributed by atoms with Gasteiger partial charge in [-0.05, 0) is 13.0 Å². The normalized spacial score (nSPS) is 11.0. The quantitative estimate of drug-likeness (QED) is 0.590. The lowest BCUT2D eigenvalue weighted by Gasteiger charge is -2.04. The van der Waals surface area contributed by atoms with E-state index in [1.54, 1.807) is 4.57 Å². The number of fused-ring (bicyclic) bond motifs is 1. The largest absolute Gasteiger partial charge is 0.345 e. The zero-order valence-corrected chi connectivity index (χ0v) is 7.90. The number of aromatic nitrogens is 3. The van der Waals surface area contributed by atoms with Gasteiger partial charge >= 0.3 is 0 Å². The molecule has 0 aliphatic carbocycles. The molecule has 2 aromatic heterocycles. The molecule has 0 bridgehead atoms. The van der Waals surface area contributed by atoms with E-state index in [9.17, 15) is 4.79 Å². The molecule has 0 aliphatic rings. The zero-order chi connectivity index (χ0) is 9.59. The first-order valence-electron chi connectivity index (χ1n) is 4.10. The van der Waals surface area contributed by atoms with E-state index in [0.717, 1.165) is 11.3 Å². The summed E-state index contributed by atoms with van der Waals surface area (Å²) >= 11 is 0. The van der Waals surface area contributed by atoms with Crippen LogP contribution in [0.2, 0.25) is 0 Å². The Morgan fingerprint density at radius 1 is 1.38 bits per heavy atom. The van der Waals surface area contributed by atoms with Gasteiger partial charge < -0.3 is 9.13 Å². The topological polar surface area (TPSA) is 39.8 Å². The van der Waals surface area contributed by atoms with Gasteiger partial charge in [0, 0.05) is 20.3 Å². The molecular weight excluding hydrogens is 166 g/mol. The second-order valence-electron chi connectivity index (χ2n) is 3.18. The van der Waals surface area contributed by atoms with Gasteiger partial charge in [0.1, 0.15) is 11.3 Å². The van der Waals surface area contributed by atoms with Gasteiger partial charge in [-0.1, -0.05) is 0 Å². The molecule has 2 heterocycles. The maximum atomic E-state index is 11.5. The van der Waals surface area contributed by atoms with Crippen LogP contribution < -0.4 is 5.56 Å². The Bertz CT molecular complexity index is 521. The fourth-order valence-corrected chi connectivity index (χ4v) is 1.50. The standard InChI is InChI=1S/C9H11N3O/c1-6-10-9(13)8-7(12(6)3)4-5-11(8)2/h4-5H,1-3H3. The van der Waals surface area contributed by atoms with E-state index in [0.29, 0.717) is 5.52 Å². The van der Waals surface area contributed by atoms with Gasteiger partial charge in [-0.3, -0.25) is 4.79 Å². The van der Waals surface area contributed by atoms with Gasteiger partial charge in [-0.25, -0.2) is 0 Å². The molecule has 0 spiro atoms. The van der Waals surface area contributed by atoms with Crippen molar-refractivity contribution in [3.8, 4) is 0 Å². The summed E-state index contributed by atoms with van der Waals surface area (Å²) in [4.78, 5) is 15.4. The third-order valence-corrected chi connectivity index (χ3v) is 2.36. The summed E-state index contributed by atoms with van der Waals surface area (Å²) in [6, 6.07) is 1.92. The van der Waals surface area contributed by atoms with E-state index < -0.39 is 0 Å². The summed E-state index contributed by atoms with van der Waals surface area (Å²) in [6.45, 7) is 1.83. The Morgan fingerprint density at radius 2 is 2.08 bits per heavy atom. The number of rotatable bonds is 0. The van der Waals surface area contributed by atoms with Crippen molar-refractivity contribution in [1.82, 2.24) is 14.1 Å². The van der Waals surface area contributed by atoms with Gasteiger partial charge in [0.25, 0.3) is 5.56 Å². The Morgan fingerprint density at radius 3 is 2.77 bits per heavy atom. The lowest BCUT2D eigenvalue weighted by molar-refractivity contribution is 0.832. The second kappa shape index (κ2) is 2.45. The Balaban J connectivity index is 3.08. The van der Waals surface area contributed by atoms with Crippen LogP contribution in [0.25, 0.3) is 11.0 Å². The van der Waals surface area contributed by atoms with Crippen LogP contribution in [-0.4, -0.2) is 14.1 Å². The third kappa shape index (κ3) is 0.983. The molecule has 0 unspecified atom stereocenters. The maximum Gasteiger partial charge on any atom is 0.297 e. The van der Waals surface area contributed by atoms with Crippen LogP contribution in [0.15, 0.2) is 17.1 Å². The van der Waals surface area contributed by atoms with Crippen molar-refractivity contribution < 1.29 is 0 Å². The minimum Gasteiger partial charge on any atom is -0.345 e. The second-order valence-corrected chi connectivity index (χ2v) is 3.18. The average Bonchev–Trinajstić information content (AvgIpc) is 2.44. The molecule has 0 aromatic carbocycles. The van der Waals surface area contributed by atoms with Crippen molar-refractivity contribution in [2.24, 2.45) is 14.1 Å². The van der Waals surface area contributed by atoms with Gasteiger partial charge in [0.15, 0.2) is 0 Å². The first-order chi connectivity index (χ1) is 6.11. The molecule has 0 saturated carbocycles. The van der Waals surface area contributed by atoms with E-state index >= 15 is 0 Å². The monoisotopic (exact) mass is 177 g/mol. The van der Waals surface area contributed by atoms with E-state index in [2.05, 4.69) is 4.98 Å². The minimum absolute atomic E-state index is 0.155. The third-order valence-electron chi connectivity index (χ3n) is 2.36. The van der Waals surface area contributed by atoms with Crippen molar-refractivity contribution in [3.05, 3.63) is 28.4 Å². The maximum absolute atomic E-state index is 11.5. The SMILES string of the molecule is Cc1nc(=O)c2c(ccn2C)n1C. The summed E-state index contributed by atoms with van der Waals surface area (Å²) in [5, 5.41) is 0. The van der Waals surface area contributed by atoms with Crippen molar-refractivity contribution in [3.63, 3.8) is 0 Å². The highest BCUT2D eigenvalue weighted by Gasteiger charge is 2.07. The lowest BCUT2D eigenvalue weighted by atomic mass is 10.4. The molecule has 4 nitrogen and oxygen atoms in total. The number of nitrogens with zero attached hydrogens (tertiary/aromatic N) is 3. The lowest BCUT2D eigenvalue weighted by Crippen LogP contribution is -2.15. The Labute approximate surface area is 75.4 Å². The molecule has 0 saturated heterocycles. The zero-order valence-electron chi connectivity index (χ0n) is 7.90. The Hall–Kier alpha value is -1.58. The molecule has 0 radical (unpaired) electrons. The molecule has 0 fully saturated rings. The molecule has 0 atom stereocenters. The van der Waals surface area contributed by atoms with Crippen LogP contribution >= 0.6 is 0 Å². The van der Waals surface area contributed by atoms with Crippen LogP contribution in [-0.2, 0) is 14.1 Å². The highest BCUT2D eigenvalue weighted by molar-refractivity contribution is 5.75. The van der Waals surface area contributed by atoms with Crippen LogP contribution in [0, 0.1) is 6.92 Å². The molecule has 0 N–H and O–H groups in total. The Kier molecular flexibility index (Phi) is 1.52. The molecule has 0 amide bonds. The number of hydrogen-bond donors (Lipinski definition) is 0. The van der Waals surface area contributed by atoms with Crippen molar-refractivity contribution >= 4 is 11.0 Å². The number of aryl methyl sites for hydroxylation is 3. The van der Waals surface area contributed by atoms with Crippen LogP contribution in [0.5, 0.6) is 0 Å². The van der Waals surface area contributed by atoms with E-state index in [1.807, 2.05) is 37.8 Å². The van der Waals surface area contributed by atoms with Gasteiger partial charge in [0.2, 0.25) is 0 Å². The summed E-state index contributed by atoms with van der Waals surface area (Å²) in [7, 11) is 3.75. The average molecular weight is 177 g/mol. The smallest absolute Gasteiger partial charge is 0.297 e. The number of hydrogen-bond acceptors (Lipinski definition) is 2. The first-order valence-corrected chi connectivity index (χ1v) is 4.10. The molecule has 68 valence electrons. The van der Waals surface area contributed by atoms with Crippen LogP contribution in [0.4, 0.5) is 0 Å². The summed E-state index contributed by atoms with van der Waals surface area (Å²) < 4.78 is 3.71. The summed E-state index contributed by atoms with van der Waals surface area (Å²) in [5.74, 6) is 0.740. The highest BCUT2D eigenvalue weighted by Crippen LogP contribution is 2.09. The van der Waals surface area contributed by atoms with Crippen LogP contribution in [0.1, 0.15) is 5.82 Å². The predicted octanol–water partition coefficient (Wildman–Crippen LogP) is 0.580.